The van der Waals surface area contributed by atoms with Crippen molar-refractivity contribution < 1.29 is 16.8 Å². The Hall–Kier alpha value is -1.42. The van der Waals surface area contributed by atoms with Crippen LogP contribution < -0.4 is 11.2 Å². The third-order valence-electron chi connectivity index (χ3n) is 3.40. The highest BCUT2D eigenvalue weighted by Crippen LogP contribution is 2.29. The van der Waals surface area contributed by atoms with Crippen LogP contribution in [0.3, 0.4) is 0 Å². The second-order valence-electron chi connectivity index (χ2n) is 4.59. The summed E-state index contributed by atoms with van der Waals surface area (Å²) in [4.78, 5) is 24.7. The van der Waals surface area contributed by atoms with E-state index in [9.17, 15) is 26.4 Å². The Morgan fingerprint density at radius 3 is 1.68 bits per heavy atom. The van der Waals surface area contributed by atoms with Gasteiger partial charge in [-0.1, -0.05) is 20.8 Å². The molecule has 0 radical (unpaired) electrons. The van der Waals surface area contributed by atoms with E-state index in [0.29, 0.717) is 0 Å². The zero-order chi connectivity index (χ0) is 17.6. The molecule has 0 atom stereocenters. The minimum atomic E-state index is -3.57. The number of sulfone groups is 2. The third-order valence-corrected chi connectivity index (χ3v) is 9.66. The molecule has 1 aromatic rings. The van der Waals surface area contributed by atoms with Gasteiger partial charge >= 0.3 is 5.69 Å². The fourth-order valence-corrected chi connectivity index (χ4v) is 5.98. The van der Waals surface area contributed by atoms with E-state index in [2.05, 4.69) is 4.98 Å². The molecule has 0 spiro atoms. The molecule has 0 saturated carbocycles. The summed E-state index contributed by atoms with van der Waals surface area (Å²) in [7, 11) is -7.14. The number of nitrogens with one attached hydrogen (secondary N) is 2. The van der Waals surface area contributed by atoms with Gasteiger partial charge in [-0.2, -0.15) is 0 Å². The highest BCUT2D eigenvalue weighted by molar-refractivity contribution is 8.10. The van der Waals surface area contributed by atoms with Gasteiger partial charge in [0.15, 0.2) is 23.8 Å². The number of aromatic amines is 2. The lowest BCUT2D eigenvalue weighted by Crippen LogP contribution is -2.44. The van der Waals surface area contributed by atoms with Crippen LogP contribution in [-0.2, 0) is 19.7 Å². The van der Waals surface area contributed by atoms with E-state index in [1.54, 1.807) is 6.92 Å². The topological polar surface area (TPSA) is 134 Å². The molecule has 10 heteroatoms. The fraction of sp³-hybridized carbons (Fsp3) is 0.667. The van der Waals surface area contributed by atoms with Crippen LogP contribution in [0.1, 0.15) is 34.1 Å². The molecule has 22 heavy (non-hydrogen) atoms. The minimum absolute atomic E-state index is 0.0966. The predicted molar refractivity (Wildman–Crippen MR) is 85.3 cm³/mol. The molecule has 0 fully saturated rings. The largest absolute Gasteiger partial charge is 0.325 e. The van der Waals surface area contributed by atoms with Gasteiger partial charge in [0, 0.05) is 23.8 Å². The molecule has 1 heterocycles. The standard InChI is InChI=1S/C8H18O4S2.C4H4N2O2/c1-5-8(4,13(9,10)6-2)14(11,12)7-3;7-3-1-2-5-4(8)6-3/h5-7H2,1-4H3;1-2H,(H2,5,6,7,8). The highest BCUT2D eigenvalue weighted by Gasteiger charge is 2.47. The van der Waals surface area contributed by atoms with Crippen molar-refractivity contribution >= 4 is 19.7 Å². The number of aromatic nitrogens is 2. The van der Waals surface area contributed by atoms with E-state index in [1.165, 1.54) is 33.0 Å². The van der Waals surface area contributed by atoms with Gasteiger partial charge in [0.2, 0.25) is 0 Å². The quantitative estimate of drug-likeness (QED) is 0.767. The Balaban J connectivity index is 0.000000461. The average Bonchev–Trinajstić information content (AvgIpc) is 2.46. The third kappa shape index (κ3) is 4.54. The van der Waals surface area contributed by atoms with Gasteiger partial charge < -0.3 is 4.98 Å². The summed E-state index contributed by atoms with van der Waals surface area (Å²) < 4.78 is 45.1. The zero-order valence-electron chi connectivity index (χ0n) is 13.0. The van der Waals surface area contributed by atoms with Gasteiger partial charge in [-0.25, -0.2) is 21.6 Å². The molecule has 1 rings (SSSR count). The van der Waals surface area contributed by atoms with Gasteiger partial charge in [0.05, 0.1) is 0 Å². The molecule has 0 unspecified atom stereocenters. The molecular weight excluding hydrogens is 332 g/mol. The van der Waals surface area contributed by atoms with Crippen molar-refractivity contribution in [2.24, 2.45) is 0 Å². The Morgan fingerprint density at radius 1 is 1.00 bits per heavy atom. The first kappa shape index (κ1) is 20.6. The molecule has 8 nitrogen and oxygen atoms in total. The van der Waals surface area contributed by atoms with Crippen LogP contribution >= 0.6 is 0 Å². The Morgan fingerprint density at radius 2 is 1.45 bits per heavy atom. The van der Waals surface area contributed by atoms with Crippen molar-refractivity contribution in [3.8, 4) is 0 Å². The van der Waals surface area contributed by atoms with Crippen molar-refractivity contribution in [3.05, 3.63) is 33.1 Å². The molecule has 0 saturated heterocycles. The molecule has 0 aromatic carbocycles. The summed E-state index contributed by atoms with van der Waals surface area (Å²) in [6.45, 7) is 5.81. The van der Waals surface area contributed by atoms with Crippen LogP contribution in [0.4, 0.5) is 0 Å². The highest BCUT2D eigenvalue weighted by atomic mass is 32.3. The fourth-order valence-electron chi connectivity index (χ4n) is 1.63. The van der Waals surface area contributed by atoms with E-state index in [-0.39, 0.29) is 23.5 Å². The monoisotopic (exact) mass is 354 g/mol. The summed E-state index contributed by atoms with van der Waals surface area (Å²) >= 11 is 0. The second kappa shape index (κ2) is 7.73. The summed E-state index contributed by atoms with van der Waals surface area (Å²) in [6, 6.07) is 1.24. The lowest BCUT2D eigenvalue weighted by atomic mass is 10.4. The van der Waals surface area contributed by atoms with E-state index in [0.717, 1.165) is 0 Å². The summed E-state index contributed by atoms with van der Waals surface area (Å²) in [5.74, 6) is -0.285. The lowest BCUT2D eigenvalue weighted by molar-refractivity contribution is 0.543. The molecule has 0 aliphatic carbocycles. The van der Waals surface area contributed by atoms with Crippen molar-refractivity contribution in [2.75, 3.05) is 11.5 Å². The smallest absolute Gasteiger partial charge is 0.314 e. The molecule has 0 aliphatic heterocycles. The first-order chi connectivity index (χ1) is 9.97. The van der Waals surface area contributed by atoms with Gasteiger partial charge in [-0.05, 0) is 13.3 Å². The van der Waals surface area contributed by atoms with E-state index >= 15 is 0 Å². The first-order valence-corrected chi connectivity index (χ1v) is 10.0. The van der Waals surface area contributed by atoms with Crippen LogP contribution in [0.25, 0.3) is 0 Å². The molecule has 0 aliphatic rings. The lowest BCUT2D eigenvalue weighted by Gasteiger charge is -2.26. The molecule has 0 bridgehead atoms. The van der Waals surface area contributed by atoms with Gasteiger partial charge in [-0.3, -0.25) is 9.78 Å². The maximum Gasteiger partial charge on any atom is 0.325 e. The minimum Gasteiger partial charge on any atom is -0.314 e. The molecule has 0 amide bonds. The maximum absolute atomic E-state index is 11.7. The Bertz CT molecular complexity index is 730. The van der Waals surface area contributed by atoms with Crippen molar-refractivity contribution in [3.63, 3.8) is 0 Å². The van der Waals surface area contributed by atoms with E-state index < -0.39 is 29.4 Å². The summed E-state index contributed by atoms with van der Waals surface area (Å²) in [5, 5.41) is 0. The zero-order valence-corrected chi connectivity index (χ0v) is 14.7. The van der Waals surface area contributed by atoms with E-state index in [4.69, 9.17) is 0 Å². The number of rotatable bonds is 5. The molecular formula is C12H22N2O6S2. The van der Waals surface area contributed by atoms with Crippen LogP contribution in [0.15, 0.2) is 21.9 Å². The number of H-pyrrole nitrogens is 2. The van der Waals surface area contributed by atoms with Gasteiger partial charge in [0.1, 0.15) is 0 Å². The summed E-state index contributed by atoms with van der Waals surface area (Å²) in [6.07, 6.45) is 1.39. The van der Waals surface area contributed by atoms with Crippen molar-refractivity contribution in [1.82, 2.24) is 9.97 Å². The number of hydrogen-bond donors (Lipinski definition) is 2. The Labute approximate surface area is 129 Å². The van der Waals surface area contributed by atoms with Crippen LogP contribution in [-0.4, -0.2) is 42.4 Å². The number of hydrogen-bond acceptors (Lipinski definition) is 6. The van der Waals surface area contributed by atoms with Crippen molar-refractivity contribution in [2.45, 2.75) is 38.2 Å². The van der Waals surface area contributed by atoms with E-state index in [1.807, 2.05) is 4.98 Å². The maximum atomic E-state index is 11.7. The predicted octanol–water partition coefficient (Wildman–Crippen LogP) is 0.0452. The molecule has 1 aromatic heterocycles. The van der Waals surface area contributed by atoms with Crippen LogP contribution in [0.5, 0.6) is 0 Å². The van der Waals surface area contributed by atoms with Crippen LogP contribution in [0, 0.1) is 0 Å². The molecule has 128 valence electrons. The van der Waals surface area contributed by atoms with Crippen LogP contribution in [0.2, 0.25) is 0 Å². The average molecular weight is 354 g/mol. The second-order valence-corrected chi connectivity index (χ2v) is 10.3. The van der Waals surface area contributed by atoms with Crippen molar-refractivity contribution in [1.29, 1.82) is 0 Å². The SMILES string of the molecule is CCC(C)(S(=O)(=O)CC)S(=O)(=O)CC.O=c1cc[nH]c(=O)[nH]1. The van der Waals surface area contributed by atoms with Gasteiger partial charge in [0.25, 0.3) is 5.56 Å². The summed E-state index contributed by atoms with van der Waals surface area (Å²) in [5.41, 5.74) is -0.855. The molecule has 2 N–H and O–H groups in total. The first-order valence-electron chi connectivity index (χ1n) is 6.70. The van der Waals surface area contributed by atoms with Gasteiger partial charge in [-0.15, -0.1) is 0 Å². The normalized spacial score (nSPS) is 12.4. The Kier molecular flexibility index (Phi) is 7.23.